The SMILES string of the molecule is O=C(O)c1ncccc1Oc1ccc(Cl)cc1Cl. The van der Waals surface area contributed by atoms with E-state index in [0.717, 1.165) is 0 Å². The largest absolute Gasteiger partial charge is 0.476 e. The summed E-state index contributed by atoms with van der Waals surface area (Å²) in [5.41, 5.74) is -0.177. The van der Waals surface area contributed by atoms with E-state index < -0.39 is 5.97 Å². The van der Waals surface area contributed by atoms with Gasteiger partial charge in [-0.1, -0.05) is 23.2 Å². The number of ether oxygens (including phenoxy) is 1. The number of aromatic carboxylic acids is 1. The van der Waals surface area contributed by atoms with Crippen LogP contribution in [0.15, 0.2) is 36.5 Å². The van der Waals surface area contributed by atoms with Gasteiger partial charge in [-0.05, 0) is 30.3 Å². The van der Waals surface area contributed by atoms with Crippen molar-refractivity contribution in [2.45, 2.75) is 0 Å². The Bertz CT molecular complexity index is 602. The molecule has 18 heavy (non-hydrogen) atoms. The normalized spacial score (nSPS) is 10.1. The summed E-state index contributed by atoms with van der Waals surface area (Å²) in [5.74, 6) is -0.735. The maximum atomic E-state index is 11.0. The number of carbonyl (C=O) groups is 1. The molecule has 2 aromatic rings. The van der Waals surface area contributed by atoms with Crippen molar-refractivity contribution in [3.05, 3.63) is 52.3 Å². The summed E-state index contributed by atoms with van der Waals surface area (Å²) < 4.78 is 5.42. The second-order valence-electron chi connectivity index (χ2n) is 3.33. The molecule has 0 unspecified atom stereocenters. The molecule has 0 atom stereocenters. The Balaban J connectivity index is 2.37. The Kier molecular flexibility index (Phi) is 3.69. The molecule has 0 radical (unpaired) electrons. The number of aromatic nitrogens is 1. The van der Waals surface area contributed by atoms with Crippen LogP contribution in [0.4, 0.5) is 0 Å². The van der Waals surface area contributed by atoms with Crippen LogP contribution in [0.25, 0.3) is 0 Å². The predicted molar refractivity (Wildman–Crippen MR) is 67.7 cm³/mol. The van der Waals surface area contributed by atoms with E-state index in [4.69, 9.17) is 33.0 Å². The highest BCUT2D eigenvalue weighted by Gasteiger charge is 2.14. The molecule has 1 N–H and O–H groups in total. The van der Waals surface area contributed by atoms with Crippen LogP contribution in [0.1, 0.15) is 10.5 Å². The van der Waals surface area contributed by atoms with Crippen molar-refractivity contribution in [1.29, 1.82) is 0 Å². The number of benzene rings is 1. The minimum atomic E-state index is -1.17. The summed E-state index contributed by atoms with van der Waals surface area (Å²) in [5, 5.41) is 9.72. The third-order valence-electron chi connectivity index (χ3n) is 2.09. The minimum Gasteiger partial charge on any atom is -0.476 e. The molecule has 0 saturated carbocycles. The molecule has 4 nitrogen and oxygen atoms in total. The van der Waals surface area contributed by atoms with Gasteiger partial charge in [0.05, 0.1) is 5.02 Å². The lowest BCUT2D eigenvalue weighted by Gasteiger charge is -2.09. The van der Waals surface area contributed by atoms with Crippen molar-refractivity contribution in [2.75, 3.05) is 0 Å². The van der Waals surface area contributed by atoms with Crippen LogP contribution in [-0.4, -0.2) is 16.1 Å². The highest BCUT2D eigenvalue weighted by Crippen LogP contribution is 2.32. The molecule has 0 aliphatic rings. The van der Waals surface area contributed by atoms with Gasteiger partial charge in [0, 0.05) is 11.2 Å². The van der Waals surface area contributed by atoms with Gasteiger partial charge in [0.15, 0.2) is 11.4 Å². The molecular formula is C12H7Cl2NO3. The van der Waals surface area contributed by atoms with E-state index in [1.54, 1.807) is 18.2 Å². The third kappa shape index (κ3) is 2.72. The second kappa shape index (κ2) is 5.25. The summed E-state index contributed by atoms with van der Waals surface area (Å²) in [6.07, 6.45) is 1.37. The molecule has 1 heterocycles. The Morgan fingerprint density at radius 3 is 2.67 bits per heavy atom. The lowest BCUT2D eigenvalue weighted by atomic mass is 10.3. The molecule has 0 fully saturated rings. The first-order valence-electron chi connectivity index (χ1n) is 4.89. The minimum absolute atomic E-state index is 0.120. The number of nitrogens with zero attached hydrogens (tertiary/aromatic N) is 1. The highest BCUT2D eigenvalue weighted by molar-refractivity contribution is 6.35. The van der Waals surface area contributed by atoms with E-state index >= 15 is 0 Å². The molecule has 0 amide bonds. The third-order valence-corrected chi connectivity index (χ3v) is 2.62. The zero-order valence-electron chi connectivity index (χ0n) is 8.93. The van der Waals surface area contributed by atoms with Gasteiger partial charge >= 0.3 is 5.97 Å². The van der Waals surface area contributed by atoms with Gasteiger partial charge in [0.2, 0.25) is 0 Å². The van der Waals surface area contributed by atoms with E-state index in [-0.39, 0.29) is 11.4 Å². The predicted octanol–water partition coefficient (Wildman–Crippen LogP) is 3.88. The first-order chi connectivity index (χ1) is 8.58. The van der Waals surface area contributed by atoms with Crippen LogP contribution in [0.5, 0.6) is 11.5 Å². The standard InChI is InChI=1S/C12H7Cl2NO3/c13-7-3-4-9(8(14)6-7)18-10-2-1-5-15-11(10)12(16)17/h1-6H,(H,16,17). The number of pyridine rings is 1. The van der Waals surface area contributed by atoms with E-state index in [1.165, 1.54) is 18.3 Å². The Morgan fingerprint density at radius 2 is 2.00 bits per heavy atom. The van der Waals surface area contributed by atoms with Gasteiger partial charge in [-0.15, -0.1) is 0 Å². The van der Waals surface area contributed by atoms with Crippen LogP contribution in [-0.2, 0) is 0 Å². The van der Waals surface area contributed by atoms with Gasteiger partial charge < -0.3 is 9.84 Å². The Hall–Kier alpha value is -1.78. The number of rotatable bonds is 3. The fraction of sp³-hybridized carbons (Fsp3) is 0. The van der Waals surface area contributed by atoms with Crippen molar-refractivity contribution in [3.63, 3.8) is 0 Å². The zero-order valence-corrected chi connectivity index (χ0v) is 10.4. The van der Waals surface area contributed by atoms with Crippen molar-refractivity contribution >= 4 is 29.2 Å². The zero-order chi connectivity index (χ0) is 13.1. The molecule has 6 heteroatoms. The smallest absolute Gasteiger partial charge is 0.358 e. The molecule has 0 spiro atoms. The van der Waals surface area contributed by atoms with Crippen LogP contribution < -0.4 is 4.74 Å². The van der Waals surface area contributed by atoms with Crippen LogP contribution in [0, 0.1) is 0 Å². The number of hydrogen-bond donors (Lipinski definition) is 1. The molecule has 1 aromatic carbocycles. The van der Waals surface area contributed by atoms with Gasteiger partial charge in [-0.3, -0.25) is 0 Å². The summed E-state index contributed by atoms with van der Waals surface area (Å²) in [6.45, 7) is 0. The average molecular weight is 284 g/mol. The maximum Gasteiger partial charge on any atom is 0.358 e. The van der Waals surface area contributed by atoms with Crippen molar-refractivity contribution in [3.8, 4) is 11.5 Å². The molecule has 0 bridgehead atoms. The summed E-state index contributed by atoms with van der Waals surface area (Å²) in [7, 11) is 0. The fourth-order valence-corrected chi connectivity index (χ4v) is 1.76. The fourth-order valence-electron chi connectivity index (χ4n) is 1.31. The lowest BCUT2D eigenvalue weighted by Crippen LogP contribution is -2.02. The first kappa shape index (κ1) is 12.7. The van der Waals surface area contributed by atoms with Gasteiger partial charge in [0.25, 0.3) is 0 Å². The highest BCUT2D eigenvalue weighted by atomic mass is 35.5. The topological polar surface area (TPSA) is 59.4 Å². The van der Waals surface area contributed by atoms with Gasteiger partial charge in [0.1, 0.15) is 5.75 Å². The molecule has 1 aromatic heterocycles. The van der Waals surface area contributed by atoms with E-state index in [0.29, 0.717) is 15.8 Å². The monoisotopic (exact) mass is 283 g/mol. The van der Waals surface area contributed by atoms with Crippen molar-refractivity contribution < 1.29 is 14.6 Å². The number of carboxylic acid groups (broad SMARTS) is 1. The molecular weight excluding hydrogens is 277 g/mol. The molecule has 0 aliphatic carbocycles. The number of halogens is 2. The first-order valence-corrected chi connectivity index (χ1v) is 5.65. The van der Waals surface area contributed by atoms with E-state index in [9.17, 15) is 4.79 Å². The summed E-state index contributed by atoms with van der Waals surface area (Å²) in [6, 6.07) is 7.74. The van der Waals surface area contributed by atoms with Crippen molar-refractivity contribution in [1.82, 2.24) is 4.98 Å². The average Bonchev–Trinajstić information content (AvgIpc) is 2.33. The molecule has 92 valence electrons. The number of carboxylic acids is 1. The lowest BCUT2D eigenvalue weighted by molar-refractivity contribution is 0.0687. The van der Waals surface area contributed by atoms with Crippen molar-refractivity contribution in [2.24, 2.45) is 0 Å². The molecule has 0 aliphatic heterocycles. The molecule has 2 rings (SSSR count). The second-order valence-corrected chi connectivity index (χ2v) is 4.18. The Labute approximate surface area is 113 Å². The Morgan fingerprint density at radius 1 is 1.22 bits per heavy atom. The van der Waals surface area contributed by atoms with Crippen LogP contribution in [0.3, 0.4) is 0 Å². The van der Waals surface area contributed by atoms with Crippen LogP contribution >= 0.6 is 23.2 Å². The van der Waals surface area contributed by atoms with E-state index in [1.807, 2.05) is 0 Å². The summed E-state index contributed by atoms with van der Waals surface area (Å²) >= 11 is 11.7. The van der Waals surface area contributed by atoms with E-state index in [2.05, 4.69) is 4.98 Å². The van der Waals surface area contributed by atoms with Gasteiger partial charge in [-0.2, -0.15) is 0 Å². The summed E-state index contributed by atoms with van der Waals surface area (Å²) in [4.78, 5) is 14.7. The maximum absolute atomic E-state index is 11.0. The number of hydrogen-bond acceptors (Lipinski definition) is 3. The molecule has 0 saturated heterocycles. The quantitative estimate of drug-likeness (QED) is 0.929. The van der Waals surface area contributed by atoms with Crippen LogP contribution in [0.2, 0.25) is 10.0 Å². The van der Waals surface area contributed by atoms with Gasteiger partial charge in [-0.25, -0.2) is 9.78 Å².